The molecule has 1 N–H and O–H groups in total. The van der Waals surface area contributed by atoms with Crippen molar-refractivity contribution in [2.24, 2.45) is 5.41 Å². The van der Waals surface area contributed by atoms with Crippen molar-refractivity contribution < 1.29 is 32.6 Å². The van der Waals surface area contributed by atoms with Crippen LogP contribution in [0, 0.1) is 5.41 Å². The Morgan fingerprint density at radius 2 is 1.96 bits per heavy atom. The Kier molecular flexibility index (Phi) is 5.86. The molecule has 2 aliphatic rings. The summed E-state index contributed by atoms with van der Waals surface area (Å²) in [4.78, 5) is 24.6. The van der Waals surface area contributed by atoms with Crippen molar-refractivity contribution in [3.05, 3.63) is 29.8 Å². The van der Waals surface area contributed by atoms with E-state index in [-0.39, 0.29) is 19.1 Å². The smallest absolute Gasteiger partial charge is 0.406 e. The third-order valence-electron chi connectivity index (χ3n) is 5.70. The van der Waals surface area contributed by atoms with Crippen molar-refractivity contribution in [3.63, 3.8) is 0 Å². The van der Waals surface area contributed by atoms with Gasteiger partial charge in [-0.1, -0.05) is 12.1 Å². The fourth-order valence-corrected chi connectivity index (χ4v) is 3.93. The Morgan fingerprint density at radius 3 is 2.57 bits per heavy atom. The molecule has 3 rings (SSSR count). The van der Waals surface area contributed by atoms with E-state index in [1.54, 1.807) is 0 Å². The third-order valence-corrected chi connectivity index (χ3v) is 5.70. The highest BCUT2D eigenvalue weighted by Gasteiger charge is 2.64. The number of nitrogens with zero attached hydrogens (tertiary/aromatic N) is 1. The Balaban J connectivity index is 1.56. The van der Waals surface area contributed by atoms with Gasteiger partial charge >= 0.3 is 12.1 Å². The minimum atomic E-state index is -4.89. The summed E-state index contributed by atoms with van der Waals surface area (Å²) >= 11 is 0. The van der Waals surface area contributed by atoms with Crippen LogP contribution in [0.25, 0.3) is 0 Å². The van der Waals surface area contributed by atoms with Gasteiger partial charge in [0.25, 0.3) is 0 Å². The standard InChI is InChI=1S/C20H24F3NO4/c21-20(22,23)19(18(26)27)10-11-24(13-19)17(25)9-8-14-4-3-7-16(12-14)28-15-5-1-2-6-15/h3-4,7,12,15H,1-2,5-6,8-11,13H2,(H,26,27). The monoisotopic (exact) mass is 399 g/mol. The maximum Gasteiger partial charge on any atom is 0.406 e. The summed E-state index contributed by atoms with van der Waals surface area (Å²) in [6.45, 7) is -1.02. The van der Waals surface area contributed by atoms with Crippen LogP contribution in [-0.2, 0) is 16.0 Å². The predicted octanol–water partition coefficient (Wildman–Crippen LogP) is 3.81. The van der Waals surface area contributed by atoms with Gasteiger partial charge in [0, 0.05) is 19.5 Å². The number of aryl methyl sites for hydroxylation is 1. The van der Waals surface area contributed by atoms with E-state index < -0.39 is 36.4 Å². The first-order valence-electron chi connectivity index (χ1n) is 9.55. The SMILES string of the molecule is O=C(CCc1cccc(OC2CCCC2)c1)N1CCC(C(=O)O)(C(F)(F)F)C1. The molecule has 0 spiro atoms. The number of carbonyl (C=O) groups excluding carboxylic acids is 1. The van der Waals surface area contributed by atoms with Crippen molar-refractivity contribution in [1.82, 2.24) is 4.90 Å². The van der Waals surface area contributed by atoms with Gasteiger partial charge in [0.15, 0.2) is 5.41 Å². The molecule has 1 aliphatic heterocycles. The second kappa shape index (κ2) is 8.01. The number of likely N-dealkylation sites (tertiary alicyclic amines) is 1. The van der Waals surface area contributed by atoms with E-state index in [0.717, 1.165) is 41.9 Å². The van der Waals surface area contributed by atoms with Crippen molar-refractivity contribution in [2.75, 3.05) is 13.1 Å². The van der Waals surface area contributed by atoms with Gasteiger partial charge in [-0.05, 0) is 56.2 Å². The highest BCUT2D eigenvalue weighted by atomic mass is 19.4. The molecule has 1 unspecified atom stereocenters. The first-order chi connectivity index (χ1) is 13.2. The molecule has 1 amide bonds. The molecular formula is C20H24F3NO4. The van der Waals surface area contributed by atoms with Crippen LogP contribution in [0.3, 0.4) is 0 Å². The van der Waals surface area contributed by atoms with Gasteiger partial charge in [0.1, 0.15) is 5.75 Å². The topological polar surface area (TPSA) is 66.8 Å². The Morgan fingerprint density at radius 1 is 1.25 bits per heavy atom. The summed E-state index contributed by atoms with van der Waals surface area (Å²) < 4.78 is 45.6. The largest absolute Gasteiger partial charge is 0.490 e. The van der Waals surface area contributed by atoms with E-state index in [9.17, 15) is 22.8 Å². The van der Waals surface area contributed by atoms with Crippen molar-refractivity contribution in [1.29, 1.82) is 0 Å². The van der Waals surface area contributed by atoms with Crippen LogP contribution in [-0.4, -0.2) is 47.3 Å². The van der Waals surface area contributed by atoms with Gasteiger partial charge in [0.05, 0.1) is 6.10 Å². The number of benzene rings is 1. The van der Waals surface area contributed by atoms with E-state index in [2.05, 4.69) is 0 Å². The molecule has 0 bridgehead atoms. The molecule has 154 valence electrons. The second-order valence-electron chi connectivity index (χ2n) is 7.62. The van der Waals surface area contributed by atoms with Crippen LogP contribution >= 0.6 is 0 Å². The number of carbonyl (C=O) groups is 2. The number of alkyl halides is 3. The van der Waals surface area contributed by atoms with Gasteiger partial charge in [-0.25, -0.2) is 0 Å². The minimum absolute atomic E-state index is 0.0282. The third kappa shape index (κ3) is 4.25. The van der Waals surface area contributed by atoms with Crippen LogP contribution < -0.4 is 4.74 Å². The lowest BCUT2D eigenvalue weighted by atomic mass is 9.86. The molecule has 1 heterocycles. The number of amides is 1. The average Bonchev–Trinajstić information content (AvgIpc) is 3.29. The first kappa shape index (κ1) is 20.5. The zero-order chi connectivity index (χ0) is 20.4. The summed E-state index contributed by atoms with van der Waals surface area (Å²) in [7, 11) is 0. The quantitative estimate of drug-likeness (QED) is 0.790. The van der Waals surface area contributed by atoms with Gasteiger partial charge in [-0.2, -0.15) is 13.2 Å². The molecular weight excluding hydrogens is 375 g/mol. The minimum Gasteiger partial charge on any atom is -0.490 e. The van der Waals surface area contributed by atoms with E-state index in [4.69, 9.17) is 9.84 Å². The summed E-state index contributed by atoms with van der Waals surface area (Å²) in [6.07, 6.45) is -0.515. The lowest BCUT2D eigenvalue weighted by Crippen LogP contribution is -2.47. The number of halogens is 3. The highest BCUT2D eigenvalue weighted by Crippen LogP contribution is 2.45. The number of carboxylic acid groups (broad SMARTS) is 1. The normalized spacial score (nSPS) is 23.2. The maximum atomic E-state index is 13.2. The van der Waals surface area contributed by atoms with E-state index in [0.29, 0.717) is 6.42 Å². The van der Waals surface area contributed by atoms with Crippen LogP contribution in [0.2, 0.25) is 0 Å². The first-order valence-corrected chi connectivity index (χ1v) is 9.55. The molecule has 28 heavy (non-hydrogen) atoms. The molecule has 1 atom stereocenters. The summed E-state index contributed by atoms with van der Waals surface area (Å²) in [5, 5.41) is 9.08. The molecule has 5 nitrogen and oxygen atoms in total. The van der Waals surface area contributed by atoms with E-state index >= 15 is 0 Å². The van der Waals surface area contributed by atoms with Crippen molar-refractivity contribution >= 4 is 11.9 Å². The zero-order valence-corrected chi connectivity index (χ0v) is 15.5. The number of carboxylic acids is 1. The van der Waals surface area contributed by atoms with E-state index in [1.807, 2.05) is 24.3 Å². The Hall–Kier alpha value is -2.25. The van der Waals surface area contributed by atoms with Gasteiger partial charge in [-0.15, -0.1) is 0 Å². The summed E-state index contributed by atoms with van der Waals surface area (Å²) in [5.74, 6) is -1.65. The molecule has 0 radical (unpaired) electrons. The zero-order valence-electron chi connectivity index (χ0n) is 15.5. The van der Waals surface area contributed by atoms with Crippen LogP contribution in [0.4, 0.5) is 13.2 Å². The molecule has 0 aromatic heterocycles. The van der Waals surface area contributed by atoms with Crippen molar-refractivity contribution in [3.8, 4) is 5.75 Å². The number of hydrogen-bond donors (Lipinski definition) is 1. The fourth-order valence-electron chi connectivity index (χ4n) is 3.93. The van der Waals surface area contributed by atoms with Gasteiger partial charge in [-0.3, -0.25) is 9.59 Å². The molecule has 1 saturated heterocycles. The molecule has 2 fully saturated rings. The molecule has 1 aliphatic carbocycles. The molecule has 1 saturated carbocycles. The summed E-state index contributed by atoms with van der Waals surface area (Å²) in [6, 6.07) is 7.39. The lowest BCUT2D eigenvalue weighted by Gasteiger charge is -2.27. The maximum absolute atomic E-state index is 13.2. The van der Waals surface area contributed by atoms with Crippen LogP contribution in [0.15, 0.2) is 24.3 Å². The summed E-state index contributed by atoms with van der Waals surface area (Å²) in [5.41, 5.74) is -2.00. The van der Waals surface area contributed by atoms with Gasteiger partial charge < -0.3 is 14.7 Å². The molecule has 1 aromatic carbocycles. The number of ether oxygens (including phenoxy) is 1. The number of rotatable bonds is 6. The van der Waals surface area contributed by atoms with Crippen molar-refractivity contribution in [2.45, 2.75) is 57.2 Å². The molecule has 8 heteroatoms. The highest BCUT2D eigenvalue weighted by molar-refractivity contribution is 5.81. The Bertz CT molecular complexity index is 730. The second-order valence-corrected chi connectivity index (χ2v) is 7.62. The van der Waals surface area contributed by atoms with Gasteiger partial charge in [0.2, 0.25) is 5.91 Å². The van der Waals surface area contributed by atoms with Crippen LogP contribution in [0.1, 0.15) is 44.1 Å². The Labute approximate surface area is 161 Å². The van der Waals surface area contributed by atoms with E-state index in [1.165, 1.54) is 0 Å². The van der Waals surface area contributed by atoms with Crippen LogP contribution in [0.5, 0.6) is 5.75 Å². The fraction of sp³-hybridized carbons (Fsp3) is 0.600. The predicted molar refractivity (Wildman–Crippen MR) is 95.0 cm³/mol. The number of aliphatic carboxylic acids is 1. The average molecular weight is 399 g/mol. The lowest BCUT2D eigenvalue weighted by molar-refractivity contribution is -0.227. The number of hydrogen-bond acceptors (Lipinski definition) is 3. The molecule has 1 aromatic rings.